The van der Waals surface area contributed by atoms with Gasteiger partial charge in [0.15, 0.2) is 0 Å². The molecule has 2 aromatic carbocycles. The van der Waals surface area contributed by atoms with Gasteiger partial charge in [-0.1, -0.05) is 66.3 Å². The van der Waals surface area contributed by atoms with Gasteiger partial charge in [0.25, 0.3) is 0 Å². The zero-order chi connectivity index (χ0) is 16.9. The summed E-state index contributed by atoms with van der Waals surface area (Å²) in [7, 11) is 0. The molecule has 0 amide bonds. The zero-order valence-corrected chi connectivity index (χ0v) is 14.9. The van der Waals surface area contributed by atoms with Crippen LogP contribution in [0.25, 0.3) is 11.1 Å². The molecule has 116 valence electrons. The molecule has 0 saturated heterocycles. The predicted molar refractivity (Wildman–Crippen MR) is 101 cm³/mol. The van der Waals surface area contributed by atoms with Crippen molar-refractivity contribution in [3.8, 4) is 0 Å². The second-order valence-electron chi connectivity index (χ2n) is 6.15. The second kappa shape index (κ2) is 7.79. The third-order valence-electron chi connectivity index (χ3n) is 3.75. The van der Waals surface area contributed by atoms with Crippen LogP contribution in [-0.4, -0.2) is 0 Å². The number of benzene rings is 2. The summed E-state index contributed by atoms with van der Waals surface area (Å²) in [6.45, 7) is 20.4. The lowest BCUT2D eigenvalue weighted by Gasteiger charge is -2.07. The molecule has 0 nitrogen and oxygen atoms in total. The van der Waals surface area contributed by atoms with Gasteiger partial charge in [-0.05, 0) is 69.4 Å². The molecule has 0 aromatic heterocycles. The molecule has 0 unspecified atom stereocenters. The Hall–Kier alpha value is -2.08. The van der Waals surface area contributed by atoms with Gasteiger partial charge in [0.1, 0.15) is 0 Å². The first-order valence-electron chi connectivity index (χ1n) is 7.69. The van der Waals surface area contributed by atoms with Gasteiger partial charge in [-0.25, -0.2) is 0 Å². The highest BCUT2D eigenvalue weighted by Gasteiger charge is 2.00. The topological polar surface area (TPSA) is 0 Å². The maximum atomic E-state index is 3.95. The lowest BCUT2D eigenvalue weighted by molar-refractivity contribution is 1.33. The van der Waals surface area contributed by atoms with Crippen LogP contribution in [0.3, 0.4) is 0 Å². The van der Waals surface area contributed by atoms with E-state index >= 15 is 0 Å². The summed E-state index contributed by atoms with van der Waals surface area (Å²) in [5.74, 6) is 0. The molecule has 0 heterocycles. The van der Waals surface area contributed by atoms with Crippen LogP contribution in [-0.2, 0) is 0 Å². The third kappa shape index (κ3) is 4.73. The molecule has 0 aliphatic heterocycles. The van der Waals surface area contributed by atoms with Gasteiger partial charge in [-0.15, -0.1) is 0 Å². The SMILES string of the molecule is C=C(C)c1c(C)cccc1C.C=C(C)c1ccc(C)cc1C. The molecule has 0 aliphatic carbocycles. The maximum Gasteiger partial charge on any atom is -0.0175 e. The van der Waals surface area contributed by atoms with E-state index in [4.69, 9.17) is 0 Å². The second-order valence-corrected chi connectivity index (χ2v) is 6.15. The zero-order valence-electron chi connectivity index (χ0n) is 14.9. The molecule has 0 spiro atoms. The summed E-state index contributed by atoms with van der Waals surface area (Å²) in [5, 5.41) is 0. The van der Waals surface area contributed by atoms with Crippen molar-refractivity contribution < 1.29 is 0 Å². The maximum absolute atomic E-state index is 3.95. The van der Waals surface area contributed by atoms with Gasteiger partial charge in [0, 0.05) is 0 Å². The monoisotopic (exact) mass is 292 g/mol. The molecule has 0 radical (unpaired) electrons. The summed E-state index contributed by atoms with van der Waals surface area (Å²) in [4.78, 5) is 0. The van der Waals surface area contributed by atoms with E-state index in [1.54, 1.807) is 0 Å². The average Bonchev–Trinajstić information content (AvgIpc) is 2.38. The molecule has 0 N–H and O–H groups in total. The quantitative estimate of drug-likeness (QED) is 0.579. The van der Waals surface area contributed by atoms with Crippen LogP contribution in [0.2, 0.25) is 0 Å². The van der Waals surface area contributed by atoms with Crippen molar-refractivity contribution in [3.05, 3.63) is 82.9 Å². The van der Waals surface area contributed by atoms with E-state index in [1.807, 2.05) is 6.92 Å². The van der Waals surface area contributed by atoms with Crippen LogP contribution in [0, 0.1) is 27.7 Å². The number of hydrogen-bond acceptors (Lipinski definition) is 0. The first kappa shape index (κ1) is 18.0. The highest BCUT2D eigenvalue weighted by Crippen LogP contribution is 2.20. The van der Waals surface area contributed by atoms with E-state index < -0.39 is 0 Å². The van der Waals surface area contributed by atoms with Gasteiger partial charge < -0.3 is 0 Å². The Labute approximate surface area is 136 Å². The fourth-order valence-electron chi connectivity index (χ4n) is 2.78. The van der Waals surface area contributed by atoms with Crippen LogP contribution < -0.4 is 0 Å². The van der Waals surface area contributed by atoms with Gasteiger partial charge >= 0.3 is 0 Å². The highest BCUT2D eigenvalue weighted by atomic mass is 14.1. The predicted octanol–water partition coefficient (Wildman–Crippen LogP) is 6.67. The summed E-state index contributed by atoms with van der Waals surface area (Å²) >= 11 is 0. The molecular weight excluding hydrogens is 264 g/mol. The average molecular weight is 292 g/mol. The molecule has 2 aromatic rings. The van der Waals surface area contributed by atoms with Crippen LogP contribution in [0.15, 0.2) is 49.6 Å². The van der Waals surface area contributed by atoms with E-state index in [-0.39, 0.29) is 0 Å². The van der Waals surface area contributed by atoms with Gasteiger partial charge in [-0.2, -0.15) is 0 Å². The normalized spacial score (nSPS) is 9.73. The largest absolute Gasteiger partial charge is 0.0955 e. The minimum absolute atomic E-state index is 1.14. The summed E-state index contributed by atoms with van der Waals surface area (Å²) in [5.41, 5.74) is 10.1. The van der Waals surface area contributed by atoms with Crippen LogP contribution in [0.4, 0.5) is 0 Å². The van der Waals surface area contributed by atoms with Crippen LogP contribution in [0.5, 0.6) is 0 Å². The molecule has 0 saturated carbocycles. The number of rotatable bonds is 2. The number of allylic oxidation sites excluding steroid dienone is 2. The molecule has 0 aliphatic rings. The van der Waals surface area contributed by atoms with E-state index in [1.165, 1.54) is 33.4 Å². The van der Waals surface area contributed by atoms with E-state index in [9.17, 15) is 0 Å². The van der Waals surface area contributed by atoms with Crippen molar-refractivity contribution in [1.82, 2.24) is 0 Å². The van der Waals surface area contributed by atoms with E-state index in [0.29, 0.717) is 0 Å². The number of hydrogen-bond donors (Lipinski definition) is 0. The van der Waals surface area contributed by atoms with Crippen molar-refractivity contribution >= 4 is 11.1 Å². The molecular formula is C22H28. The molecule has 0 heteroatoms. The Morgan fingerprint density at radius 1 is 0.727 bits per heavy atom. The molecule has 0 atom stereocenters. The van der Waals surface area contributed by atoms with E-state index in [2.05, 4.69) is 84.2 Å². The lowest BCUT2D eigenvalue weighted by atomic mass is 9.98. The molecule has 0 fully saturated rings. The Morgan fingerprint density at radius 3 is 1.64 bits per heavy atom. The van der Waals surface area contributed by atoms with Crippen molar-refractivity contribution in [2.75, 3.05) is 0 Å². The fourth-order valence-corrected chi connectivity index (χ4v) is 2.78. The van der Waals surface area contributed by atoms with Crippen LogP contribution >= 0.6 is 0 Å². The Morgan fingerprint density at radius 2 is 1.27 bits per heavy atom. The summed E-state index contributed by atoms with van der Waals surface area (Å²) in [6.07, 6.45) is 0. The first-order chi connectivity index (χ1) is 10.2. The lowest BCUT2D eigenvalue weighted by Crippen LogP contribution is -1.88. The molecule has 22 heavy (non-hydrogen) atoms. The van der Waals surface area contributed by atoms with Gasteiger partial charge in [0.05, 0.1) is 0 Å². The Kier molecular flexibility index (Phi) is 6.37. The standard InChI is InChI=1S/2C11H14/c1-8(2)11-6-5-9(3)7-10(11)4;1-8(2)11-9(3)6-5-7-10(11)4/h2*5-7H,1H2,2-4H3. The summed E-state index contributed by atoms with van der Waals surface area (Å²) < 4.78 is 0. The van der Waals surface area contributed by atoms with Crippen LogP contribution in [0.1, 0.15) is 47.2 Å². The van der Waals surface area contributed by atoms with E-state index in [0.717, 1.165) is 11.1 Å². The Balaban J connectivity index is 0.000000220. The molecule has 0 bridgehead atoms. The minimum atomic E-state index is 1.14. The van der Waals surface area contributed by atoms with Crippen molar-refractivity contribution in [2.45, 2.75) is 41.5 Å². The first-order valence-corrected chi connectivity index (χ1v) is 7.69. The Bertz CT molecular complexity index is 667. The van der Waals surface area contributed by atoms with Crippen molar-refractivity contribution in [1.29, 1.82) is 0 Å². The van der Waals surface area contributed by atoms with Gasteiger partial charge in [0.2, 0.25) is 0 Å². The summed E-state index contributed by atoms with van der Waals surface area (Å²) in [6, 6.07) is 12.8. The fraction of sp³-hybridized carbons (Fsp3) is 0.273. The smallest absolute Gasteiger partial charge is 0.0175 e. The minimum Gasteiger partial charge on any atom is -0.0955 e. The third-order valence-corrected chi connectivity index (χ3v) is 3.75. The van der Waals surface area contributed by atoms with Crippen molar-refractivity contribution in [2.24, 2.45) is 0 Å². The van der Waals surface area contributed by atoms with Crippen molar-refractivity contribution in [3.63, 3.8) is 0 Å². The van der Waals surface area contributed by atoms with Gasteiger partial charge in [-0.3, -0.25) is 0 Å². The highest BCUT2D eigenvalue weighted by molar-refractivity contribution is 5.67. The number of aryl methyl sites for hydroxylation is 4. The molecule has 2 rings (SSSR count).